The summed E-state index contributed by atoms with van der Waals surface area (Å²) in [7, 11) is 3.75. The zero-order valence-electron chi connectivity index (χ0n) is 15.0. The van der Waals surface area contributed by atoms with Gasteiger partial charge in [0.15, 0.2) is 0 Å². The largest absolute Gasteiger partial charge is 0.342 e. The molecule has 2 amide bonds. The summed E-state index contributed by atoms with van der Waals surface area (Å²) < 4.78 is 0. The van der Waals surface area contributed by atoms with E-state index >= 15 is 0 Å². The molecule has 2 rings (SSSR count). The molecule has 0 bridgehead atoms. The van der Waals surface area contributed by atoms with Crippen molar-refractivity contribution in [1.29, 1.82) is 0 Å². The van der Waals surface area contributed by atoms with Gasteiger partial charge in [0.1, 0.15) is 0 Å². The Morgan fingerprint density at radius 2 is 1.92 bits per heavy atom. The fourth-order valence-corrected chi connectivity index (χ4v) is 3.11. The van der Waals surface area contributed by atoms with Gasteiger partial charge in [-0.1, -0.05) is 6.07 Å². The average Bonchev–Trinajstić information content (AvgIpc) is 2.65. The van der Waals surface area contributed by atoms with Crippen LogP contribution >= 0.6 is 0 Å². The second-order valence-corrected chi connectivity index (χ2v) is 6.53. The number of carbonyl (C=O) groups excluding carboxylic acids is 2. The summed E-state index contributed by atoms with van der Waals surface area (Å²) in [4.78, 5) is 28.6. The van der Waals surface area contributed by atoms with Crippen molar-refractivity contribution in [3.63, 3.8) is 0 Å². The van der Waals surface area contributed by atoms with Gasteiger partial charge in [0.25, 0.3) is 11.8 Å². The molecule has 1 aromatic carbocycles. The van der Waals surface area contributed by atoms with E-state index in [0.29, 0.717) is 23.6 Å². The number of carbonyl (C=O) groups is 2. The van der Waals surface area contributed by atoms with Gasteiger partial charge in [-0.25, -0.2) is 0 Å². The molecular weight excluding hydrogens is 302 g/mol. The Kier molecular flexibility index (Phi) is 6.79. The smallest absolute Gasteiger partial charge is 0.253 e. The van der Waals surface area contributed by atoms with Crippen LogP contribution in [0.15, 0.2) is 24.3 Å². The van der Waals surface area contributed by atoms with Crippen LogP contribution in [0.4, 0.5) is 0 Å². The molecule has 0 aromatic heterocycles. The van der Waals surface area contributed by atoms with Crippen molar-refractivity contribution in [3.8, 4) is 0 Å². The number of likely N-dealkylation sites (tertiary alicyclic amines) is 1. The van der Waals surface area contributed by atoms with E-state index in [4.69, 9.17) is 0 Å². The van der Waals surface area contributed by atoms with Gasteiger partial charge in [-0.3, -0.25) is 9.59 Å². The summed E-state index contributed by atoms with van der Waals surface area (Å²) in [6.45, 7) is 5.23. The van der Waals surface area contributed by atoms with E-state index in [1.54, 1.807) is 36.2 Å². The SMILES string of the molecule is CCN(C)C(=O)c1cccc(C(=O)N2CCC(CCNC)CC2)c1. The number of amides is 2. The molecule has 1 fully saturated rings. The summed E-state index contributed by atoms with van der Waals surface area (Å²) in [6, 6.07) is 7.10. The summed E-state index contributed by atoms with van der Waals surface area (Å²) in [5, 5.41) is 3.19. The van der Waals surface area contributed by atoms with Gasteiger partial charge in [-0.15, -0.1) is 0 Å². The number of hydrogen-bond donors (Lipinski definition) is 1. The Labute approximate surface area is 145 Å². The molecular formula is C19H29N3O2. The number of rotatable bonds is 6. The van der Waals surface area contributed by atoms with Crippen molar-refractivity contribution in [3.05, 3.63) is 35.4 Å². The molecule has 5 nitrogen and oxygen atoms in total. The lowest BCUT2D eigenvalue weighted by molar-refractivity contribution is 0.0687. The third-order valence-electron chi connectivity index (χ3n) is 4.88. The normalized spacial score (nSPS) is 15.4. The highest BCUT2D eigenvalue weighted by molar-refractivity contribution is 5.99. The molecule has 1 aliphatic heterocycles. The van der Waals surface area contributed by atoms with E-state index in [-0.39, 0.29) is 11.8 Å². The first-order valence-electron chi connectivity index (χ1n) is 8.86. The lowest BCUT2D eigenvalue weighted by Gasteiger charge is -2.32. The summed E-state index contributed by atoms with van der Waals surface area (Å²) in [5.41, 5.74) is 1.19. The van der Waals surface area contributed by atoms with Crippen LogP contribution in [0.3, 0.4) is 0 Å². The summed E-state index contributed by atoms with van der Waals surface area (Å²) >= 11 is 0. The first-order valence-corrected chi connectivity index (χ1v) is 8.86. The molecule has 1 saturated heterocycles. The maximum Gasteiger partial charge on any atom is 0.253 e. The maximum absolute atomic E-state index is 12.7. The second-order valence-electron chi connectivity index (χ2n) is 6.53. The third-order valence-corrected chi connectivity index (χ3v) is 4.88. The molecule has 1 heterocycles. The zero-order valence-corrected chi connectivity index (χ0v) is 15.0. The molecule has 24 heavy (non-hydrogen) atoms. The summed E-state index contributed by atoms with van der Waals surface area (Å²) in [6.07, 6.45) is 3.29. The molecule has 0 spiro atoms. The van der Waals surface area contributed by atoms with E-state index in [2.05, 4.69) is 5.32 Å². The average molecular weight is 331 g/mol. The zero-order chi connectivity index (χ0) is 17.5. The number of nitrogens with zero attached hydrogens (tertiary/aromatic N) is 2. The van der Waals surface area contributed by atoms with Gasteiger partial charge in [-0.2, -0.15) is 0 Å². The van der Waals surface area contributed by atoms with Crippen LogP contribution in [0, 0.1) is 5.92 Å². The highest BCUT2D eigenvalue weighted by Crippen LogP contribution is 2.22. The number of benzene rings is 1. The lowest BCUT2D eigenvalue weighted by Crippen LogP contribution is -2.39. The van der Waals surface area contributed by atoms with Gasteiger partial charge in [0.05, 0.1) is 0 Å². The van der Waals surface area contributed by atoms with Crippen molar-refractivity contribution in [2.24, 2.45) is 5.92 Å². The first-order chi connectivity index (χ1) is 11.6. The minimum Gasteiger partial charge on any atom is -0.342 e. The standard InChI is InChI=1S/C19H29N3O2/c1-4-21(3)18(23)16-6-5-7-17(14-16)19(24)22-12-9-15(10-13-22)8-11-20-2/h5-7,14-15,20H,4,8-13H2,1-3H3. The lowest BCUT2D eigenvalue weighted by atomic mass is 9.93. The van der Waals surface area contributed by atoms with Crippen molar-refractivity contribution < 1.29 is 9.59 Å². The minimum absolute atomic E-state index is 0.0378. The summed E-state index contributed by atoms with van der Waals surface area (Å²) in [5.74, 6) is 0.696. The van der Waals surface area contributed by atoms with Crippen LogP contribution in [0.1, 0.15) is 46.9 Å². The van der Waals surface area contributed by atoms with Crippen LogP contribution in [0.5, 0.6) is 0 Å². The minimum atomic E-state index is -0.0436. The second kappa shape index (κ2) is 8.83. The topological polar surface area (TPSA) is 52.7 Å². The Morgan fingerprint density at radius 3 is 2.54 bits per heavy atom. The quantitative estimate of drug-likeness (QED) is 0.870. The van der Waals surface area contributed by atoms with E-state index in [0.717, 1.165) is 32.5 Å². The molecule has 0 saturated carbocycles. The Hall–Kier alpha value is -1.88. The van der Waals surface area contributed by atoms with Gasteiger partial charge < -0.3 is 15.1 Å². The number of nitrogens with one attached hydrogen (secondary N) is 1. The molecule has 0 aliphatic carbocycles. The molecule has 1 aromatic rings. The monoisotopic (exact) mass is 331 g/mol. The van der Waals surface area contributed by atoms with E-state index < -0.39 is 0 Å². The molecule has 132 valence electrons. The first kappa shape index (κ1) is 18.5. The van der Waals surface area contributed by atoms with Crippen molar-refractivity contribution in [2.75, 3.05) is 40.3 Å². The third kappa shape index (κ3) is 4.57. The van der Waals surface area contributed by atoms with Crippen LogP contribution in [-0.4, -0.2) is 61.9 Å². The highest BCUT2D eigenvalue weighted by atomic mass is 16.2. The highest BCUT2D eigenvalue weighted by Gasteiger charge is 2.24. The van der Waals surface area contributed by atoms with Crippen LogP contribution < -0.4 is 5.32 Å². The van der Waals surface area contributed by atoms with Crippen LogP contribution in [0.25, 0.3) is 0 Å². The van der Waals surface area contributed by atoms with Crippen molar-refractivity contribution >= 4 is 11.8 Å². The number of piperidine rings is 1. The Bertz CT molecular complexity index is 565. The van der Waals surface area contributed by atoms with Gasteiger partial charge in [0.2, 0.25) is 0 Å². The number of hydrogen-bond acceptors (Lipinski definition) is 3. The molecule has 0 atom stereocenters. The predicted molar refractivity (Wildman–Crippen MR) is 96.2 cm³/mol. The van der Waals surface area contributed by atoms with Gasteiger partial charge >= 0.3 is 0 Å². The van der Waals surface area contributed by atoms with Gasteiger partial charge in [-0.05, 0) is 63.9 Å². The van der Waals surface area contributed by atoms with Crippen molar-refractivity contribution in [2.45, 2.75) is 26.2 Å². The van der Waals surface area contributed by atoms with E-state index in [1.807, 2.05) is 18.9 Å². The van der Waals surface area contributed by atoms with Crippen LogP contribution in [0.2, 0.25) is 0 Å². The Morgan fingerprint density at radius 1 is 1.25 bits per heavy atom. The molecule has 5 heteroatoms. The van der Waals surface area contributed by atoms with Crippen LogP contribution in [-0.2, 0) is 0 Å². The van der Waals surface area contributed by atoms with E-state index in [9.17, 15) is 9.59 Å². The molecule has 1 aliphatic rings. The molecule has 1 N–H and O–H groups in total. The van der Waals surface area contributed by atoms with Crippen molar-refractivity contribution in [1.82, 2.24) is 15.1 Å². The maximum atomic E-state index is 12.7. The Balaban J connectivity index is 1.99. The van der Waals surface area contributed by atoms with E-state index in [1.165, 1.54) is 6.42 Å². The fraction of sp³-hybridized carbons (Fsp3) is 0.579. The molecule has 0 radical (unpaired) electrons. The fourth-order valence-electron chi connectivity index (χ4n) is 3.11. The predicted octanol–water partition coefficient (Wildman–Crippen LogP) is 2.24. The van der Waals surface area contributed by atoms with Gasteiger partial charge in [0, 0.05) is 37.8 Å². The molecule has 0 unspecified atom stereocenters.